The fourth-order valence-electron chi connectivity index (χ4n) is 2.75. The number of rotatable bonds is 3. The molecule has 0 aromatic heterocycles. The van der Waals surface area contributed by atoms with E-state index < -0.39 is 7.12 Å². The molecule has 1 aromatic rings. The Morgan fingerprint density at radius 1 is 1.16 bits per heavy atom. The summed E-state index contributed by atoms with van der Waals surface area (Å²) in [5.41, 5.74) is 1.47. The van der Waals surface area contributed by atoms with Crippen LogP contribution in [-0.2, 0) is 0 Å². The maximum Gasteiger partial charge on any atom is 0.488 e. The third kappa shape index (κ3) is 3.51. The summed E-state index contributed by atoms with van der Waals surface area (Å²) in [4.78, 5) is 0. The Morgan fingerprint density at radius 2 is 1.89 bits per heavy atom. The summed E-state index contributed by atoms with van der Waals surface area (Å²) >= 11 is 0. The average Bonchev–Trinajstić information content (AvgIpc) is 2.36. The van der Waals surface area contributed by atoms with Crippen molar-refractivity contribution in [3.05, 3.63) is 23.8 Å². The van der Waals surface area contributed by atoms with Crippen molar-refractivity contribution in [1.82, 2.24) is 0 Å². The molecule has 2 rings (SSSR count). The van der Waals surface area contributed by atoms with Gasteiger partial charge in [0.15, 0.2) is 0 Å². The van der Waals surface area contributed by atoms with Crippen molar-refractivity contribution in [3.8, 4) is 5.75 Å². The van der Waals surface area contributed by atoms with E-state index >= 15 is 0 Å². The third-order valence-electron chi connectivity index (χ3n) is 4.34. The minimum atomic E-state index is -1.41. The summed E-state index contributed by atoms with van der Waals surface area (Å²) in [6, 6.07) is 5.32. The number of benzene rings is 1. The van der Waals surface area contributed by atoms with Crippen LogP contribution in [0.3, 0.4) is 0 Å². The molecule has 3 unspecified atom stereocenters. The van der Waals surface area contributed by atoms with Crippen LogP contribution in [0.2, 0.25) is 0 Å². The van der Waals surface area contributed by atoms with Crippen LogP contribution in [0.25, 0.3) is 0 Å². The van der Waals surface area contributed by atoms with E-state index in [-0.39, 0.29) is 6.10 Å². The second-order valence-electron chi connectivity index (χ2n) is 5.91. The highest BCUT2D eigenvalue weighted by atomic mass is 16.5. The molecule has 0 spiro atoms. The minimum absolute atomic E-state index is 0.287. The van der Waals surface area contributed by atoms with Gasteiger partial charge in [0.1, 0.15) is 5.75 Å². The van der Waals surface area contributed by atoms with Crippen molar-refractivity contribution >= 4 is 12.6 Å². The Kier molecular flexibility index (Phi) is 4.53. The first-order valence-corrected chi connectivity index (χ1v) is 7.10. The molecule has 3 nitrogen and oxygen atoms in total. The molecular weight excluding hydrogens is 239 g/mol. The summed E-state index contributed by atoms with van der Waals surface area (Å²) in [7, 11) is -1.41. The van der Waals surface area contributed by atoms with Gasteiger partial charge in [-0.15, -0.1) is 0 Å². The third-order valence-corrected chi connectivity index (χ3v) is 4.34. The SMILES string of the molecule is Cc1cc(B(O)O)ccc1OC1CCC(C)C(C)C1. The summed E-state index contributed by atoms with van der Waals surface area (Å²) < 4.78 is 6.08. The molecule has 1 aromatic carbocycles. The van der Waals surface area contributed by atoms with E-state index in [1.54, 1.807) is 12.1 Å². The molecule has 0 radical (unpaired) electrons. The fraction of sp³-hybridized carbons (Fsp3) is 0.600. The number of ether oxygens (including phenoxy) is 1. The molecule has 0 amide bonds. The number of hydrogen-bond acceptors (Lipinski definition) is 3. The van der Waals surface area contributed by atoms with Gasteiger partial charge in [-0.2, -0.15) is 0 Å². The average molecular weight is 262 g/mol. The van der Waals surface area contributed by atoms with E-state index in [0.717, 1.165) is 30.1 Å². The molecule has 4 heteroatoms. The molecule has 2 N–H and O–H groups in total. The van der Waals surface area contributed by atoms with Crippen LogP contribution >= 0.6 is 0 Å². The second-order valence-corrected chi connectivity index (χ2v) is 5.91. The van der Waals surface area contributed by atoms with Crippen LogP contribution in [0.1, 0.15) is 38.7 Å². The maximum atomic E-state index is 9.14. The first-order valence-electron chi connectivity index (χ1n) is 7.10. The van der Waals surface area contributed by atoms with Crippen molar-refractivity contribution in [1.29, 1.82) is 0 Å². The maximum absolute atomic E-state index is 9.14. The monoisotopic (exact) mass is 262 g/mol. The molecule has 104 valence electrons. The normalized spacial score (nSPS) is 27.1. The Hall–Kier alpha value is -0.995. The second kappa shape index (κ2) is 5.97. The Bertz CT molecular complexity index is 433. The van der Waals surface area contributed by atoms with E-state index in [1.807, 2.05) is 13.0 Å². The van der Waals surface area contributed by atoms with Crippen molar-refractivity contribution in [3.63, 3.8) is 0 Å². The van der Waals surface area contributed by atoms with Crippen molar-refractivity contribution in [2.45, 2.75) is 46.1 Å². The van der Waals surface area contributed by atoms with Crippen molar-refractivity contribution in [2.24, 2.45) is 11.8 Å². The van der Waals surface area contributed by atoms with Gasteiger partial charge in [-0.25, -0.2) is 0 Å². The molecule has 19 heavy (non-hydrogen) atoms. The number of aryl methyl sites for hydroxylation is 1. The van der Waals surface area contributed by atoms with E-state index in [9.17, 15) is 0 Å². The molecule has 1 saturated carbocycles. The number of hydrogen-bond donors (Lipinski definition) is 2. The van der Waals surface area contributed by atoms with Gasteiger partial charge in [-0.3, -0.25) is 0 Å². The van der Waals surface area contributed by atoms with Crippen LogP contribution in [0.15, 0.2) is 18.2 Å². The first-order chi connectivity index (χ1) is 8.97. The lowest BCUT2D eigenvalue weighted by atomic mass is 9.79. The first kappa shape index (κ1) is 14.4. The largest absolute Gasteiger partial charge is 0.490 e. The predicted octanol–water partition coefficient (Wildman–Crippen LogP) is 1.88. The molecule has 0 bridgehead atoms. The minimum Gasteiger partial charge on any atom is -0.490 e. The smallest absolute Gasteiger partial charge is 0.488 e. The van der Waals surface area contributed by atoms with E-state index in [0.29, 0.717) is 11.4 Å². The zero-order valence-electron chi connectivity index (χ0n) is 12.0. The van der Waals surface area contributed by atoms with Gasteiger partial charge in [0.05, 0.1) is 6.10 Å². The molecule has 1 aliphatic rings. The molecule has 0 aliphatic heterocycles. The van der Waals surface area contributed by atoms with Gasteiger partial charge < -0.3 is 14.8 Å². The van der Waals surface area contributed by atoms with Gasteiger partial charge in [0.25, 0.3) is 0 Å². The van der Waals surface area contributed by atoms with Gasteiger partial charge in [0, 0.05) is 0 Å². The van der Waals surface area contributed by atoms with E-state index in [1.165, 1.54) is 6.42 Å². The van der Waals surface area contributed by atoms with E-state index in [4.69, 9.17) is 14.8 Å². The van der Waals surface area contributed by atoms with Gasteiger partial charge >= 0.3 is 7.12 Å². The standard InChI is InChI=1S/C15H23BO3/c1-10-4-6-14(9-11(10)2)19-15-7-5-13(16(17)18)8-12(15)3/h5,7-8,10-11,14,17-18H,4,6,9H2,1-3H3. The highest BCUT2D eigenvalue weighted by Gasteiger charge is 2.26. The molecule has 1 fully saturated rings. The molecule has 0 heterocycles. The predicted molar refractivity (Wildman–Crippen MR) is 77.6 cm³/mol. The molecule has 3 atom stereocenters. The highest BCUT2D eigenvalue weighted by Crippen LogP contribution is 2.32. The van der Waals surface area contributed by atoms with E-state index in [2.05, 4.69) is 13.8 Å². The van der Waals surface area contributed by atoms with Crippen molar-refractivity contribution < 1.29 is 14.8 Å². The summed E-state index contributed by atoms with van der Waals surface area (Å²) in [5.74, 6) is 2.35. The topological polar surface area (TPSA) is 49.7 Å². The highest BCUT2D eigenvalue weighted by molar-refractivity contribution is 6.58. The summed E-state index contributed by atoms with van der Waals surface area (Å²) in [6.45, 7) is 6.54. The molecule has 0 saturated heterocycles. The van der Waals surface area contributed by atoms with Crippen LogP contribution in [-0.4, -0.2) is 23.3 Å². The van der Waals surface area contributed by atoms with Crippen LogP contribution in [0.4, 0.5) is 0 Å². The molecular formula is C15H23BO3. The van der Waals surface area contributed by atoms with Gasteiger partial charge in [-0.1, -0.05) is 26.0 Å². The van der Waals surface area contributed by atoms with Crippen molar-refractivity contribution in [2.75, 3.05) is 0 Å². The zero-order chi connectivity index (χ0) is 14.0. The van der Waals surface area contributed by atoms with Crippen LogP contribution < -0.4 is 10.2 Å². The quantitative estimate of drug-likeness (QED) is 0.818. The Balaban J connectivity index is 2.03. The zero-order valence-corrected chi connectivity index (χ0v) is 12.0. The molecule has 1 aliphatic carbocycles. The Morgan fingerprint density at radius 3 is 2.47 bits per heavy atom. The lowest BCUT2D eigenvalue weighted by Crippen LogP contribution is -2.31. The lowest BCUT2D eigenvalue weighted by molar-refractivity contribution is 0.1000. The van der Waals surface area contributed by atoms with Crippen LogP contribution in [0.5, 0.6) is 5.75 Å². The summed E-state index contributed by atoms with van der Waals surface area (Å²) in [5, 5.41) is 18.3. The van der Waals surface area contributed by atoms with Gasteiger partial charge in [-0.05, 0) is 55.1 Å². The lowest BCUT2D eigenvalue weighted by Gasteiger charge is -2.32. The fourth-order valence-corrected chi connectivity index (χ4v) is 2.75. The Labute approximate surface area is 115 Å². The van der Waals surface area contributed by atoms with Crippen LogP contribution in [0, 0.1) is 18.8 Å². The van der Waals surface area contributed by atoms with Gasteiger partial charge in [0.2, 0.25) is 0 Å². The summed E-state index contributed by atoms with van der Waals surface area (Å²) in [6.07, 6.45) is 3.72.